The minimum absolute atomic E-state index is 0.00631. The topological polar surface area (TPSA) is 72.9 Å². The van der Waals surface area contributed by atoms with Crippen molar-refractivity contribution in [3.05, 3.63) is 48.5 Å². The normalized spacial score (nSPS) is 10.2. The van der Waals surface area contributed by atoms with Gasteiger partial charge in [0.1, 0.15) is 4.99 Å². The lowest BCUT2D eigenvalue weighted by molar-refractivity contribution is -0.116. The Hall–Kier alpha value is -2.21. The minimum atomic E-state index is -0.00631. The fourth-order valence-corrected chi connectivity index (χ4v) is 1.92. The molecule has 1 amide bonds. The largest absolute Gasteiger partial charge is 0.389 e. The summed E-state index contributed by atoms with van der Waals surface area (Å²) >= 11 is 4.87. The van der Waals surface area contributed by atoms with E-state index in [-0.39, 0.29) is 5.91 Å². The van der Waals surface area contributed by atoms with Crippen molar-refractivity contribution >= 4 is 28.8 Å². The van der Waals surface area contributed by atoms with Crippen molar-refractivity contribution in [1.82, 2.24) is 9.55 Å². The van der Waals surface area contributed by atoms with E-state index in [4.69, 9.17) is 18.0 Å². The molecule has 0 unspecified atom stereocenters. The number of thiocarbonyl (C=S) groups is 1. The molecule has 3 N–H and O–H groups in total. The highest BCUT2D eigenvalue weighted by atomic mass is 32.1. The summed E-state index contributed by atoms with van der Waals surface area (Å²) < 4.78 is 1.95. The number of hydrogen-bond donors (Lipinski definition) is 2. The predicted octanol–water partition coefficient (Wildman–Crippen LogP) is 1.94. The zero-order valence-electron chi connectivity index (χ0n) is 11.0. The Morgan fingerprint density at radius 2 is 2.10 bits per heavy atom. The van der Waals surface area contributed by atoms with Gasteiger partial charge in [0.15, 0.2) is 0 Å². The smallest absolute Gasteiger partial charge is 0.224 e. The van der Waals surface area contributed by atoms with E-state index in [1.807, 2.05) is 10.8 Å². The summed E-state index contributed by atoms with van der Waals surface area (Å²) in [5, 5.41) is 2.84. The lowest BCUT2D eigenvalue weighted by atomic mass is 10.2. The fourth-order valence-electron chi connectivity index (χ4n) is 1.78. The number of aryl methyl sites for hydroxylation is 1. The van der Waals surface area contributed by atoms with Gasteiger partial charge < -0.3 is 15.6 Å². The zero-order valence-corrected chi connectivity index (χ0v) is 11.8. The van der Waals surface area contributed by atoms with Gasteiger partial charge in [-0.15, -0.1) is 0 Å². The van der Waals surface area contributed by atoms with Gasteiger partial charge in [-0.05, 0) is 30.7 Å². The first-order valence-electron chi connectivity index (χ1n) is 6.30. The number of carbonyl (C=O) groups excluding carboxylic acids is 1. The molecule has 0 radical (unpaired) electrons. The molecular formula is C14H16N4OS. The molecule has 0 fully saturated rings. The van der Waals surface area contributed by atoms with Gasteiger partial charge in [-0.25, -0.2) is 4.98 Å². The first kappa shape index (κ1) is 14.2. The summed E-state index contributed by atoms with van der Waals surface area (Å²) in [5.74, 6) is -0.00631. The molecule has 104 valence electrons. The summed E-state index contributed by atoms with van der Waals surface area (Å²) in [6.07, 6.45) is 6.59. The maximum atomic E-state index is 11.8. The van der Waals surface area contributed by atoms with Gasteiger partial charge in [0.25, 0.3) is 0 Å². The minimum Gasteiger partial charge on any atom is -0.389 e. The van der Waals surface area contributed by atoms with E-state index in [9.17, 15) is 4.79 Å². The molecule has 2 rings (SSSR count). The number of hydrogen-bond acceptors (Lipinski definition) is 3. The average Bonchev–Trinajstić information content (AvgIpc) is 2.92. The average molecular weight is 288 g/mol. The van der Waals surface area contributed by atoms with Crippen LogP contribution in [0.3, 0.4) is 0 Å². The Balaban J connectivity index is 1.77. The van der Waals surface area contributed by atoms with Gasteiger partial charge >= 0.3 is 0 Å². The van der Waals surface area contributed by atoms with Crippen LogP contribution >= 0.6 is 12.2 Å². The molecule has 0 aliphatic heterocycles. The monoisotopic (exact) mass is 288 g/mol. The number of aromatic nitrogens is 2. The first-order valence-corrected chi connectivity index (χ1v) is 6.71. The predicted molar refractivity (Wildman–Crippen MR) is 82.4 cm³/mol. The van der Waals surface area contributed by atoms with Crippen molar-refractivity contribution in [2.24, 2.45) is 5.73 Å². The molecule has 1 aromatic carbocycles. The molecule has 6 heteroatoms. The number of benzene rings is 1. The second-order valence-electron chi connectivity index (χ2n) is 4.39. The number of anilines is 1. The van der Waals surface area contributed by atoms with Gasteiger partial charge in [-0.3, -0.25) is 4.79 Å². The van der Waals surface area contributed by atoms with Gasteiger partial charge in [0.2, 0.25) is 5.91 Å². The first-order chi connectivity index (χ1) is 9.65. The standard InChI is InChI=1S/C14H16N4OS/c15-14(20)11-3-5-12(6-4-11)17-13(19)2-1-8-18-9-7-16-10-18/h3-7,9-10H,1-2,8H2,(H2,15,20)(H,17,19). The molecule has 1 heterocycles. The molecule has 0 spiro atoms. The SMILES string of the molecule is NC(=S)c1ccc(NC(=O)CCCn2ccnc2)cc1. The summed E-state index contributed by atoms with van der Waals surface area (Å²) in [6.45, 7) is 0.786. The Kier molecular flexibility index (Phi) is 4.84. The molecule has 0 atom stereocenters. The molecule has 1 aromatic heterocycles. The number of nitrogens with one attached hydrogen (secondary N) is 1. The van der Waals surface area contributed by atoms with Crippen molar-refractivity contribution in [3.63, 3.8) is 0 Å². The molecule has 5 nitrogen and oxygen atoms in total. The summed E-state index contributed by atoms with van der Waals surface area (Å²) in [7, 11) is 0. The van der Waals surface area contributed by atoms with Crippen LogP contribution in [0.1, 0.15) is 18.4 Å². The molecule has 0 bridgehead atoms. The number of nitrogens with two attached hydrogens (primary N) is 1. The molecule has 2 aromatic rings. The maximum absolute atomic E-state index is 11.8. The third kappa shape index (κ3) is 4.17. The van der Waals surface area contributed by atoms with E-state index in [1.165, 1.54) is 0 Å². The van der Waals surface area contributed by atoms with E-state index in [0.29, 0.717) is 11.4 Å². The highest BCUT2D eigenvalue weighted by Crippen LogP contribution is 2.10. The van der Waals surface area contributed by atoms with Crippen LogP contribution in [0, 0.1) is 0 Å². The highest BCUT2D eigenvalue weighted by Gasteiger charge is 2.03. The lowest BCUT2D eigenvalue weighted by Gasteiger charge is -2.06. The van der Waals surface area contributed by atoms with Crippen LogP contribution in [0.5, 0.6) is 0 Å². The van der Waals surface area contributed by atoms with E-state index < -0.39 is 0 Å². The summed E-state index contributed by atoms with van der Waals surface area (Å²) in [4.78, 5) is 16.1. The van der Waals surface area contributed by atoms with Gasteiger partial charge in [0, 0.05) is 36.6 Å². The molecule has 0 saturated heterocycles. The van der Waals surface area contributed by atoms with Crippen LogP contribution < -0.4 is 11.1 Å². The Morgan fingerprint density at radius 3 is 2.70 bits per heavy atom. The van der Waals surface area contributed by atoms with Crippen LogP contribution in [-0.2, 0) is 11.3 Å². The van der Waals surface area contributed by atoms with E-state index >= 15 is 0 Å². The van der Waals surface area contributed by atoms with Crippen LogP contribution in [-0.4, -0.2) is 20.4 Å². The van der Waals surface area contributed by atoms with Crippen molar-refractivity contribution < 1.29 is 4.79 Å². The van der Waals surface area contributed by atoms with Gasteiger partial charge in [-0.2, -0.15) is 0 Å². The van der Waals surface area contributed by atoms with Crippen molar-refractivity contribution in [1.29, 1.82) is 0 Å². The van der Waals surface area contributed by atoms with Crippen LogP contribution in [0.4, 0.5) is 5.69 Å². The highest BCUT2D eigenvalue weighted by molar-refractivity contribution is 7.80. The Morgan fingerprint density at radius 1 is 1.35 bits per heavy atom. The molecule has 0 saturated carbocycles. The van der Waals surface area contributed by atoms with E-state index in [0.717, 1.165) is 24.2 Å². The van der Waals surface area contributed by atoms with Gasteiger partial charge in [0.05, 0.1) is 6.33 Å². The number of carbonyl (C=O) groups is 1. The third-order valence-corrected chi connectivity index (χ3v) is 3.07. The summed E-state index contributed by atoms with van der Waals surface area (Å²) in [6, 6.07) is 7.18. The second kappa shape index (κ2) is 6.81. The Bertz CT molecular complexity index is 578. The second-order valence-corrected chi connectivity index (χ2v) is 4.83. The number of imidazole rings is 1. The summed E-state index contributed by atoms with van der Waals surface area (Å²) in [5.41, 5.74) is 7.05. The van der Waals surface area contributed by atoms with Crippen LogP contribution in [0.2, 0.25) is 0 Å². The van der Waals surface area contributed by atoms with Crippen LogP contribution in [0.15, 0.2) is 43.0 Å². The van der Waals surface area contributed by atoms with Gasteiger partial charge in [-0.1, -0.05) is 12.2 Å². The quantitative estimate of drug-likeness (QED) is 0.797. The lowest BCUT2D eigenvalue weighted by Crippen LogP contribution is -2.13. The van der Waals surface area contributed by atoms with E-state index in [1.54, 1.807) is 36.8 Å². The molecular weight excluding hydrogens is 272 g/mol. The number of nitrogens with zero attached hydrogens (tertiary/aromatic N) is 2. The van der Waals surface area contributed by atoms with Crippen molar-refractivity contribution in [2.75, 3.05) is 5.32 Å². The van der Waals surface area contributed by atoms with E-state index in [2.05, 4.69) is 10.3 Å². The third-order valence-electron chi connectivity index (χ3n) is 2.83. The Labute approximate surface area is 122 Å². The van der Waals surface area contributed by atoms with Crippen LogP contribution in [0.25, 0.3) is 0 Å². The van der Waals surface area contributed by atoms with Crippen molar-refractivity contribution in [3.8, 4) is 0 Å². The fraction of sp³-hybridized carbons (Fsp3) is 0.214. The molecule has 0 aliphatic carbocycles. The number of amides is 1. The maximum Gasteiger partial charge on any atom is 0.224 e. The molecule has 0 aliphatic rings. The van der Waals surface area contributed by atoms with Crippen molar-refractivity contribution in [2.45, 2.75) is 19.4 Å². The zero-order chi connectivity index (χ0) is 14.4. The number of rotatable bonds is 6. The molecule has 20 heavy (non-hydrogen) atoms.